The molecule has 1 atom stereocenters. The lowest BCUT2D eigenvalue weighted by Crippen LogP contribution is -2.56. The second-order valence-electron chi connectivity index (χ2n) is 5.90. The maximum absolute atomic E-state index is 13.6. The number of amides is 1. The maximum atomic E-state index is 13.6. The van der Waals surface area contributed by atoms with Gasteiger partial charge in [-0.3, -0.25) is 4.79 Å². The highest BCUT2D eigenvalue weighted by atomic mass is 79.9. The highest BCUT2D eigenvalue weighted by Gasteiger charge is 2.63. The predicted octanol–water partition coefficient (Wildman–Crippen LogP) is 3.96. The average Bonchev–Trinajstić information content (AvgIpc) is 3.00. The summed E-state index contributed by atoms with van der Waals surface area (Å²) >= 11 is 3.17. The van der Waals surface area contributed by atoms with E-state index >= 15 is 0 Å². The smallest absolute Gasteiger partial charge is 0.438 e. The number of alkyl halides is 3. The van der Waals surface area contributed by atoms with Gasteiger partial charge in [-0.2, -0.15) is 23.3 Å². The van der Waals surface area contributed by atoms with E-state index in [0.29, 0.717) is 15.8 Å². The molecule has 0 saturated heterocycles. The van der Waals surface area contributed by atoms with E-state index in [4.69, 9.17) is 4.74 Å². The van der Waals surface area contributed by atoms with Crippen LogP contribution in [0, 0.1) is 0 Å². The van der Waals surface area contributed by atoms with Gasteiger partial charge in [0.2, 0.25) is 0 Å². The highest BCUT2D eigenvalue weighted by molar-refractivity contribution is 9.10. The Morgan fingerprint density at radius 2 is 1.96 bits per heavy atom. The van der Waals surface area contributed by atoms with Crippen LogP contribution in [0.4, 0.5) is 13.2 Å². The van der Waals surface area contributed by atoms with Crippen LogP contribution in [0.1, 0.15) is 22.3 Å². The van der Waals surface area contributed by atoms with Crippen LogP contribution in [0.5, 0.6) is 5.75 Å². The lowest BCUT2D eigenvalue weighted by Gasteiger charge is -2.32. The summed E-state index contributed by atoms with van der Waals surface area (Å²) in [4.78, 5) is 12.7. The van der Waals surface area contributed by atoms with Crippen LogP contribution in [-0.2, 0) is 0 Å². The normalized spacial score (nSPS) is 19.8. The Bertz CT molecular complexity index is 917. The largest absolute Gasteiger partial charge is 0.497 e. The third kappa shape index (κ3) is 3.57. The van der Waals surface area contributed by atoms with Crippen LogP contribution in [0.3, 0.4) is 0 Å². The van der Waals surface area contributed by atoms with Gasteiger partial charge in [0.25, 0.3) is 11.6 Å². The summed E-state index contributed by atoms with van der Waals surface area (Å²) < 4.78 is 46.5. The molecule has 1 aliphatic rings. The Labute approximate surface area is 161 Å². The fourth-order valence-corrected chi connectivity index (χ4v) is 3.09. The minimum Gasteiger partial charge on any atom is -0.497 e. The molecule has 0 saturated carbocycles. The van der Waals surface area contributed by atoms with Gasteiger partial charge < -0.3 is 9.84 Å². The SMILES string of the molecule is COc1cccc(C2=NN(C(=O)c3cccc(Br)c3)[C@](O)(C(F)(F)F)C2)c1. The predicted molar refractivity (Wildman–Crippen MR) is 95.5 cm³/mol. The van der Waals surface area contributed by atoms with Crippen molar-refractivity contribution in [1.29, 1.82) is 0 Å². The fraction of sp³-hybridized carbons (Fsp3) is 0.222. The van der Waals surface area contributed by atoms with E-state index in [2.05, 4.69) is 21.0 Å². The highest BCUT2D eigenvalue weighted by Crippen LogP contribution is 2.42. The van der Waals surface area contributed by atoms with Crippen molar-refractivity contribution in [1.82, 2.24) is 5.01 Å². The summed E-state index contributed by atoms with van der Waals surface area (Å²) in [7, 11) is 1.42. The molecule has 0 spiro atoms. The number of methoxy groups -OCH3 is 1. The van der Waals surface area contributed by atoms with Crippen molar-refractivity contribution in [3.8, 4) is 5.75 Å². The first-order chi connectivity index (χ1) is 12.7. The molecule has 3 rings (SSSR count). The summed E-state index contributed by atoms with van der Waals surface area (Å²) in [5.41, 5.74) is -3.23. The number of benzene rings is 2. The summed E-state index contributed by atoms with van der Waals surface area (Å²) in [6.45, 7) is 0. The van der Waals surface area contributed by atoms with Crippen LogP contribution in [-0.4, -0.2) is 40.7 Å². The van der Waals surface area contributed by atoms with Gasteiger partial charge in [-0.15, -0.1) is 0 Å². The van der Waals surface area contributed by atoms with Gasteiger partial charge in [-0.1, -0.05) is 34.1 Å². The van der Waals surface area contributed by atoms with E-state index in [1.165, 1.54) is 37.4 Å². The Morgan fingerprint density at radius 1 is 1.26 bits per heavy atom. The fourth-order valence-electron chi connectivity index (χ4n) is 2.69. The second kappa shape index (κ2) is 6.97. The third-order valence-corrected chi connectivity index (χ3v) is 4.60. The van der Waals surface area contributed by atoms with Crippen molar-refractivity contribution in [2.75, 3.05) is 7.11 Å². The maximum Gasteiger partial charge on any atom is 0.438 e. The Hall–Kier alpha value is -2.39. The molecule has 0 bridgehead atoms. The van der Waals surface area contributed by atoms with Gasteiger partial charge in [-0.25, -0.2) is 0 Å². The van der Waals surface area contributed by atoms with E-state index in [0.717, 1.165) is 0 Å². The molecule has 9 heteroatoms. The minimum atomic E-state index is -5.10. The molecular weight excluding hydrogens is 429 g/mol. The molecule has 2 aromatic rings. The zero-order chi connectivity index (χ0) is 19.8. The molecule has 0 aliphatic carbocycles. The van der Waals surface area contributed by atoms with Crippen LogP contribution in [0.15, 0.2) is 58.1 Å². The topological polar surface area (TPSA) is 62.1 Å². The monoisotopic (exact) mass is 442 g/mol. The van der Waals surface area contributed by atoms with Gasteiger partial charge in [0.05, 0.1) is 19.2 Å². The number of hydrazone groups is 1. The number of hydrogen-bond donors (Lipinski definition) is 1. The minimum absolute atomic E-state index is 0.0392. The van der Waals surface area contributed by atoms with Crippen LogP contribution >= 0.6 is 15.9 Å². The summed E-state index contributed by atoms with van der Waals surface area (Å²) in [5.74, 6) is -0.642. The van der Waals surface area contributed by atoms with Crippen molar-refractivity contribution in [3.05, 3.63) is 64.1 Å². The van der Waals surface area contributed by atoms with E-state index in [1.807, 2.05) is 0 Å². The van der Waals surface area contributed by atoms with Crippen molar-refractivity contribution >= 4 is 27.5 Å². The molecule has 142 valence electrons. The molecule has 2 aromatic carbocycles. The first-order valence-electron chi connectivity index (χ1n) is 7.77. The van der Waals surface area contributed by atoms with Crippen molar-refractivity contribution in [2.45, 2.75) is 18.3 Å². The molecule has 27 heavy (non-hydrogen) atoms. The number of carbonyl (C=O) groups excluding carboxylic acids is 1. The average molecular weight is 443 g/mol. The molecule has 1 aliphatic heterocycles. The number of ether oxygens (including phenoxy) is 1. The van der Waals surface area contributed by atoms with Crippen molar-refractivity contribution in [2.24, 2.45) is 5.10 Å². The first kappa shape index (κ1) is 19.4. The molecule has 0 unspecified atom stereocenters. The first-order valence-corrected chi connectivity index (χ1v) is 8.56. The quantitative estimate of drug-likeness (QED) is 0.782. The molecule has 0 aromatic heterocycles. The molecule has 0 radical (unpaired) electrons. The number of halogens is 4. The van der Waals surface area contributed by atoms with Gasteiger partial charge in [-0.05, 0) is 30.3 Å². The number of nitrogens with zero attached hydrogens (tertiary/aromatic N) is 2. The zero-order valence-electron chi connectivity index (χ0n) is 14.0. The lowest BCUT2D eigenvalue weighted by atomic mass is 10.0. The van der Waals surface area contributed by atoms with Crippen molar-refractivity contribution < 1.29 is 27.8 Å². The number of hydrogen-bond acceptors (Lipinski definition) is 4. The van der Waals surface area contributed by atoms with Crippen LogP contribution < -0.4 is 4.74 Å². The van der Waals surface area contributed by atoms with E-state index in [9.17, 15) is 23.1 Å². The van der Waals surface area contributed by atoms with Gasteiger partial charge >= 0.3 is 6.18 Å². The Morgan fingerprint density at radius 3 is 2.59 bits per heavy atom. The lowest BCUT2D eigenvalue weighted by molar-refractivity contribution is -0.297. The number of rotatable bonds is 3. The second-order valence-corrected chi connectivity index (χ2v) is 6.81. The Kier molecular flexibility index (Phi) is 5.00. The van der Waals surface area contributed by atoms with Crippen LogP contribution in [0.25, 0.3) is 0 Å². The molecular formula is C18H14BrF3N2O3. The number of carbonyl (C=O) groups is 1. The standard InChI is InChI=1S/C18H14BrF3N2O3/c1-27-14-7-3-4-11(9-14)15-10-17(26,18(20,21)22)24(23-15)16(25)12-5-2-6-13(19)8-12/h2-9,26H,10H2,1H3/t17-/m1/s1. The van der Waals surface area contributed by atoms with E-state index < -0.39 is 24.2 Å². The molecule has 0 fully saturated rings. The van der Waals surface area contributed by atoms with Crippen LogP contribution in [0.2, 0.25) is 0 Å². The molecule has 1 N–H and O–H groups in total. The van der Waals surface area contributed by atoms with Crippen molar-refractivity contribution in [3.63, 3.8) is 0 Å². The summed E-state index contributed by atoms with van der Waals surface area (Å²) in [5, 5.41) is 14.3. The van der Waals surface area contributed by atoms with Gasteiger partial charge in [0.15, 0.2) is 0 Å². The Balaban J connectivity index is 2.06. The van der Waals surface area contributed by atoms with E-state index in [1.54, 1.807) is 18.2 Å². The van der Waals surface area contributed by atoms with Gasteiger partial charge in [0.1, 0.15) is 5.75 Å². The van der Waals surface area contributed by atoms with Gasteiger partial charge in [0, 0.05) is 15.6 Å². The molecule has 1 heterocycles. The number of aliphatic hydroxyl groups is 1. The van der Waals surface area contributed by atoms with E-state index in [-0.39, 0.29) is 16.3 Å². The summed E-state index contributed by atoms with van der Waals surface area (Å²) in [6, 6.07) is 12.1. The zero-order valence-corrected chi connectivity index (χ0v) is 15.6. The molecule has 5 nitrogen and oxygen atoms in total. The summed E-state index contributed by atoms with van der Waals surface area (Å²) in [6.07, 6.45) is -5.98. The molecule has 1 amide bonds. The third-order valence-electron chi connectivity index (χ3n) is 4.11.